The van der Waals surface area contributed by atoms with Crippen LogP contribution in [-0.2, 0) is 9.59 Å². The number of allylic oxidation sites excluding steroid dienone is 2. The number of hydrogen-bond donors (Lipinski definition) is 0. The third-order valence-corrected chi connectivity index (χ3v) is 2.59. The molecule has 0 unspecified atom stereocenters. The van der Waals surface area contributed by atoms with Crippen LogP contribution in [0.3, 0.4) is 0 Å². The van der Waals surface area contributed by atoms with Crippen LogP contribution in [0.4, 0.5) is 0 Å². The first kappa shape index (κ1) is 15.3. The van der Waals surface area contributed by atoms with Gasteiger partial charge in [0.2, 0.25) is 0 Å². The smallest absolute Gasteiger partial charge is 0.186 e. The van der Waals surface area contributed by atoms with Gasteiger partial charge in [-0.2, -0.15) is 5.10 Å². The Morgan fingerprint density at radius 3 is 2.00 bits per heavy atom. The zero-order valence-electron chi connectivity index (χ0n) is 12.4. The van der Waals surface area contributed by atoms with E-state index in [1.54, 1.807) is 0 Å². The Balaban J connectivity index is 3.27. The van der Waals surface area contributed by atoms with Crippen molar-refractivity contribution in [3.8, 4) is 0 Å². The largest absolute Gasteiger partial charge is 0.294 e. The van der Waals surface area contributed by atoms with Gasteiger partial charge in [0, 0.05) is 16.9 Å². The van der Waals surface area contributed by atoms with Gasteiger partial charge in [0.1, 0.15) is 18.4 Å². The summed E-state index contributed by atoms with van der Waals surface area (Å²) < 4.78 is 1.34. The Kier molecular flexibility index (Phi) is 4.08. The molecule has 0 spiro atoms. The number of ketones is 2. The third kappa shape index (κ3) is 3.84. The maximum absolute atomic E-state index is 12.4. The highest BCUT2D eigenvalue weighted by molar-refractivity contribution is 6.21. The number of carbonyl (C=O) groups is 2. The molecule has 104 valence electrons. The standard InChI is InChI=1S/C14H21N3O2/c1-13(2,3)11(18)7-10(12(19)14(4,5)6)17-9-15-8-16-17/h7-9H,1-6H3/b10-7-. The fourth-order valence-electron chi connectivity index (χ4n) is 1.29. The monoisotopic (exact) mass is 263 g/mol. The summed E-state index contributed by atoms with van der Waals surface area (Å²) in [6, 6.07) is 0. The highest BCUT2D eigenvalue weighted by Gasteiger charge is 2.29. The molecular weight excluding hydrogens is 242 g/mol. The number of carbonyl (C=O) groups excluding carboxylic acids is 2. The zero-order chi connectivity index (χ0) is 14.8. The van der Waals surface area contributed by atoms with Crippen molar-refractivity contribution in [2.45, 2.75) is 41.5 Å². The summed E-state index contributed by atoms with van der Waals surface area (Å²) in [5.74, 6) is -0.258. The summed E-state index contributed by atoms with van der Waals surface area (Å²) in [6.45, 7) is 10.9. The minimum atomic E-state index is -0.587. The van der Waals surface area contributed by atoms with Crippen molar-refractivity contribution in [3.63, 3.8) is 0 Å². The third-order valence-electron chi connectivity index (χ3n) is 2.59. The van der Waals surface area contributed by atoms with Gasteiger partial charge in [-0.05, 0) is 0 Å². The van der Waals surface area contributed by atoms with Gasteiger partial charge < -0.3 is 0 Å². The van der Waals surface area contributed by atoms with Gasteiger partial charge in [-0.25, -0.2) is 9.67 Å². The Hall–Kier alpha value is -1.78. The van der Waals surface area contributed by atoms with E-state index in [4.69, 9.17) is 0 Å². The van der Waals surface area contributed by atoms with Crippen molar-refractivity contribution in [1.29, 1.82) is 0 Å². The Labute approximate surface area is 113 Å². The van der Waals surface area contributed by atoms with Crippen LogP contribution in [0.25, 0.3) is 5.70 Å². The molecule has 1 aromatic rings. The molecule has 0 aliphatic carbocycles. The molecule has 5 nitrogen and oxygen atoms in total. The van der Waals surface area contributed by atoms with E-state index >= 15 is 0 Å². The van der Waals surface area contributed by atoms with Gasteiger partial charge in [-0.3, -0.25) is 9.59 Å². The normalized spacial score (nSPS) is 13.5. The molecule has 0 fully saturated rings. The predicted molar refractivity (Wildman–Crippen MR) is 73.2 cm³/mol. The van der Waals surface area contributed by atoms with E-state index in [9.17, 15) is 9.59 Å². The van der Waals surface area contributed by atoms with Crippen LogP contribution in [0.15, 0.2) is 18.7 Å². The fraction of sp³-hybridized carbons (Fsp3) is 0.571. The minimum Gasteiger partial charge on any atom is -0.294 e. The first-order valence-corrected chi connectivity index (χ1v) is 6.19. The molecule has 0 radical (unpaired) electrons. The van der Waals surface area contributed by atoms with Crippen molar-refractivity contribution in [1.82, 2.24) is 14.8 Å². The van der Waals surface area contributed by atoms with Crippen LogP contribution in [0.1, 0.15) is 41.5 Å². The molecule has 19 heavy (non-hydrogen) atoms. The summed E-state index contributed by atoms with van der Waals surface area (Å²) >= 11 is 0. The van der Waals surface area contributed by atoms with Gasteiger partial charge in [-0.1, -0.05) is 41.5 Å². The second-order valence-corrected chi connectivity index (χ2v) is 6.56. The van der Waals surface area contributed by atoms with Crippen molar-refractivity contribution in [3.05, 3.63) is 18.7 Å². The lowest BCUT2D eigenvalue weighted by Gasteiger charge is -2.20. The van der Waals surface area contributed by atoms with E-state index in [0.717, 1.165) is 0 Å². The van der Waals surface area contributed by atoms with E-state index in [1.807, 2.05) is 41.5 Å². The molecular formula is C14H21N3O2. The SMILES string of the molecule is CC(C)(C)C(=O)/C=C(/C(=O)C(C)(C)C)n1cncn1. The van der Waals surface area contributed by atoms with Crippen LogP contribution < -0.4 is 0 Å². The van der Waals surface area contributed by atoms with Gasteiger partial charge in [-0.15, -0.1) is 0 Å². The van der Waals surface area contributed by atoms with Gasteiger partial charge in [0.05, 0.1) is 0 Å². The zero-order valence-corrected chi connectivity index (χ0v) is 12.4. The molecule has 0 bridgehead atoms. The van der Waals surface area contributed by atoms with Crippen LogP contribution in [-0.4, -0.2) is 26.3 Å². The summed E-state index contributed by atoms with van der Waals surface area (Å²) in [6.07, 6.45) is 4.12. The lowest BCUT2D eigenvalue weighted by molar-refractivity contribution is -0.123. The summed E-state index contributed by atoms with van der Waals surface area (Å²) in [5.41, 5.74) is -0.870. The second-order valence-electron chi connectivity index (χ2n) is 6.56. The van der Waals surface area contributed by atoms with E-state index in [1.165, 1.54) is 23.4 Å². The molecule has 1 heterocycles. The van der Waals surface area contributed by atoms with Crippen LogP contribution in [0.5, 0.6) is 0 Å². The average Bonchev–Trinajstić information content (AvgIpc) is 2.74. The van der Waals surface area contributed by atoms with Crippen LogP contribution >= 0.6 is 0 Å². The molecule has 0 aliphatic heterocycles. The minimum absolute atomic E-state index is 0.115. The molecule has 0 aromatic carbocycles. The maximum Gasteiger partial charge on any atom is 0.186 e. The first-order valence-electron chi connectivity index (χ1n) is 6.19. The molecule has 0 aliphatic rings. The van der Waals surface area contributed by atoms with Crippen LogP contribution in [0.2, 0.25) is 0 Å². The quantitative estimate of drug-likeness (QED) is 0.785. The Morgan fingerprint density at radius 1 is 1.05 bits per heavy atom. The fourth-order valence-corrected chi connectivity index (χ4v) is 1.29. The molecule has 0 saturated carbocycles. The van der Waals surface area contributed by atoms with Crippen LogP contribution in [0, 0.1) is 10.8 Å². The van der Waals surface area contributed by atoms with Crippen molar-refractivity contribution in [2.24, 2.45) is 10.8 Å². The number of nitrogens with zero attached hydrogens (tertiary/aromatic N) is 3. The highest BCUT2D eigenvalue weighted by atomic mass is 16.1. The number of aromatic nitrogens is 3. The molecule has 0 atom stereocenters. The summed E-state index contributed by atoms with van der Waals surface area (Å²) in [5, 5.41) is 3.95. The lowest BCUT2D eigenvalue weighted by Crippen LogP contribution is -2.27. The van der Waals surface area contributed by atoms with Crippen molar-refractivity contribution in [2.75, 3.05) is 0 Å². The van der Waals surface area contributed by atoms with Crippen molar-refractivity contribution >= 4 is 17.3 Å². The average molecular weight is 263 g/mol. The molecule has 5 heteroatoms. The number of hydrogen-bond acceptors (Lipinski definition) is 4. The number of rotatable bonds is 3. The second kappa shape index (κ2) is 5.07. The van der Waals surface area contributed by atoms with E-state index in [2.05, 4.69) is 10.1 Å². The van der Waals surface area contributed by atoms with Gasteiger partial charge in [0.25, 0.3) is 0 Å². The first-order chi connectivity index (χ1) is 8.53. The van der Waals surface area contributed by atoms with Crippen molar-refractivity contribution < 1.29 is 9.59 Å². The summed E-state index contributed by atoms with van der Waals surface area (Å²) in [7, 11) is 0. The van der Waals surface area contributed by atoms with Gasteiger partial charge in [0.15, 0.2) is 11.6 Å². The molecule has 0 saturated heterocycles. The summed E-state index contributed by atoms with van der Waals surface area (Å²) in [4.78, 5) is 28.4. The Morgan fingerprint density at radius 2 is 1.63 bits per heavy atom. The highest BCUT2D eigenvalue weighted by Crippen LogP contribution is 2.24. The number of Topliss-reactive ketones (excluding diaryl/α,β-unsaturated/α-hetero) is 1. The lowest BCUT2D eigenvalue weighted by atomic mass is 9.86. The van der Waals surface area contributed by atoms with Gasteiger partial charge >= 0.3 is 0 Å². The topological polar surface area (TPSA) is 64.8 Å². The molecule has 0 N–H and O–H groups in total. The predicted octanol–water partition coefficient (Wildman–Crippen LogP) is 2.35. The van der Waals surface area contributed by atoms with E-state index in [-0.39, 0.29) is 17.3 Å². The Bertz CT molecular complexity index is 500. The van der Waals surface area contributed by atoms with E-state index in [0.29, 0.717) is 0 Å². The molecule has 1 aromatic heterocycles. The van der Waals surface area contributed by atoms with E-state index < -0.39 is 10.8 Å². The molecule has 0 amide bonds. The maximum atomic E-state index is 12.4. The molecule has 1 rings (SSSR count).